The summed E-state index contributed by atoms with van der Waals surface area (Å²) in [6.07, 6.45) is 0. The first-order valence-corrected chi connectivity index (χ1v) is 5.10. The lowest BCUT2D eigenvalue weighted by Crippen LogP contribution is -2.23. The van der Waals surface area contributed by atoms with E-state index >= 15 is 0 Å². The van der Waals surface area contributed by atoms with Gasteiger partial charge in [0.05, 0.1) is 6.67 Å². The van der Waals surface area contributed by atoms with Crippen LogP contribution in [0.3, 0.4) is 0 Å². The Morgan fingerprint density at radius 3 is 2.53 bits per heavy atom. The normalized spacial score (nSPS) is 11.9. The first-order valence-electron chi connectivity index (χ1n) is 5.10. The third-order valence-electron chi connectivity index (χ3n) is 1.95. The highest BCUT2D eigenvalue weighted by atomic mass is 19.1. The van der Waals surface area contributed by atoms with Gasteiger partial charge in [-0.1, -0.05) is 19.1 Å². The van der Waals surface area contributed by atoms with Crippen LogP contribution in [0.2, 0.25) is 0 Å². The number of alkyl halides is 1. The maximum absolute atomic E-state index is 12.5. The van der Waals surface area contributed by atoms with Gasteiger partial charge in [0.25, 0.3) is 0 Å². The summed E-state index contributed by atoms with van der Waals surface area (Å²) in [4.78, 5) is 0. The molecule has 0 saturated carbocycles. The van der Waals surface area contributed by atoms with Crippen molar-refractivity contribution in [1.82, 2.24) is 0 Å². The average Bonchev–Trinajstić information content (AvgIpc) is 2.14. The quantitative estimate of drug-likeness (QED) is 0.736. The lowest BCUT2D eigenvalue weighted by atomic mass is 10.0. The Balaban J connectivity index is 2.83. The summed E-state index contributed by atoms with van der Waals surface area (Å²) < 4.78 is 18.2. The zero-order chi connectivity index (χ0) is 11.5. The second kappa shape index (κ2) is 4.65. The van der Waals surface area contributed by atoms with Gasteiger partial charge in [-0.3, -0.25) is 4.39 Å². The third-order valence-corrected chi connectivity index (χ3v) is 1.95. The van der Waals surface area contributed by atoms with Crippen LogP contribution in [0.1, 0.15) is 33.3 Å². The van der Waals surface area contributed by atoms with E-state index in [1.807, 2.05) is 45.0 Å². The Hall–Kier alpha value is -1.05. The van der Waals surface area contributed by atoms with Crippen molar-refractivity contribution in [3.05, 3.63) is 35.7 Å². The molecule has 1 rings (SSSR count). The van der Waals surface area contributed by atoms with E-state index in [0.29, 0.717) is 0 Å². The second-order valence-electron chi connectivity index (χ2n) is 4.66. The molecule has 2 heteroatoms. The van der Waals surface area contributed by atoms with Crippen molar-refractivity contribution in [2.75, 3.05) is 6.67 Å². The fraction of sp³-hybridized carbons (Fsp3) is 0.462. The molecule has 1 aromatic rings. The molecule has 1 radical (unpaired) electrons. The molecule has 1 aromatic carbocycles. The summed E-state index contributed by atoms with van der Waals surface area (Å²) in [5, 5.41) is 0. The fourth-order valence-electron chi connectivity index (χ4n) is 1.26. The predicted octanol–water partition coefficient (Wildman–Crippen LogP) is 3.78. The van der Waals surface area contributed by atoms with E-state index in [0.717, 1.165) is 17.2 Å². The molecule has 0 spiro atoms. The van der Waals surface area contributed by atoms with Crippen molar-refractivity contribution in [2.24, 2.45) is 0 Å². The largest absolute Gasteiger partial charge is 0.488 e. The van der Waals surface area contributed by atoms with E-state index in [2.05, 4.69) is 0 Å². The minimum atomic E-state index is -0.418. The molecule has 0 heterocycles. The molecule has 0 saturated heterocycles. The maximum atomic E-state index is 12.5. The number of benzene rings is 1. The molecule has 0 bridgehead atoms. The van der Waals surface area contributed by atoms with Gasteiger partial charge in [-0.2, -0.15) is 0 Å². The summed E-state index contributed by atoms with van der Waals surface area (Å²) in [5.74, 6) is 1.52. The molecule has 0 N–H and O–H groups in total. The van der Waals surface area contributed by atoms with Gasteiger partial charge in [0.2, 0.25) is 0 Å². The van der Waals surface area contributed by atoms with Crippen molar-refractivity contribution >= 4 is 0 Å². The van der Waals surface area contributed by atoms with Gasteiger partial charge in [-0.05, 0) is 38.5 Å². The Morgan fingerprint density at radius 2 is 2.00 bits per heavy atom. The highest BCUT2D eigenvalue weighted by Crippen LogP contribution is 2.23. The average molecular weight is 209 g/mol. The number of halogens is 1. The van der Waals surface area contributed by atoms with E-state index in [1.165, 1.54) is 0 Å². The van der Waals surface area contributed by atoms with Crippen molar-refractivity contribution in [1.29, 1.82) is 0 Å². The molecule has 0 amide bonds. The van der Waals surface area contributed by atoms with Crippen LogP contribution in [-0.4, -0.2) is 12.3 Å². The van der Waals surface area contributed by atoms with Crippen LogP contribution in [0.4, 0.5) is 4.39 Å². The Labute approximate surface area is 91.3 Å². The number of hydrogen-bond donors (Lipinski definition) is 0. The van der Waals surface area contributed by atoms with Gasteiger partial charge in [-0.15, -0.1) is 0 Å². The zero-order valence-electron chi connectivity index (χ0n) is 9.80. The van der Waals surface area contributed by atoms with Crippen LogP contribution in [0.15, 0.2) is 24.3 Å². The van der Waals surface area contributed by atoms with Gasteiger partial charge >= 0.3 is 0 Å². The van der Waals surface area contributed by atoms with E-state index < -0.39 is 6.67 Å². The van der Waals surface area contributed by atoms with Crippen molar-refractivity contribution < 1.29 is 9.13 Å². The van der Waals surface area contributed by atoms with Crippen LogP contribution in [0.25, 0.3) is 0 Å². The third kappa shape index (κ3) is 3.90. The van der Waals surface area contributed by atoms with Crippen molar-refractivity contribution in [2.45, 2.75) is 33.3 Å². The lowest BCUT2D eigenvalue weighted by Gasteiger charge is -2.22. The molecule has 0 atom stereocenters. The lowest BCUT2D eigenvalue weighted by molar-refractivity contribution is 0.131. The first-order chi connectivity index (χ1) is 6.92. The summed E-state index contributed by atoms with van der Waals surface area (Å²) in [5.41, 5.74) is 0.682. The van der Waals surface area contributed by atoms with E-state index in [9.17, 15) is 4.39 Å². The van der Waals surface area contributed by atoms with Crippen LogP contribution >= 0.6 is 0 Å². The van der Waals surface area contributed by atoms with Crippen LogP contribution in [-0.2, 0) is 0 Å². The fourth-order valence-corrected chi connectivity index (χ4v) is 1.26. The SMILES string of the molecule is C[C](CF)c1cccc(OC(C)(C)C)c1. The molecule has 15 heavy (non-hydrogen) atoms. The Kier molecular flexibility index (Phi) is 3.72. The summed E-state index contributed by atoms with van der Waals surface area (Å²) >= 11 is 0. The monoisotopic (exact) mass is 209 g/mol. The maximum Gasteiger partial charge on any atom is 0.120 e. The molecule has 0 fully saturated rings. The predicted molar refractivity (Wildman–Crippen MR) is 60.8 cm³/mol. The minimum Gasteiger partial charge on any atom is -0.488 e. The Morgan fingerprint density at radius 1 is 1.33 bits per heavy atom. The molecule has 0 unspecified atom stereocenters. The molecule has 0 aliphatic heterocycles. The van der Waals surface area contributed by atoms with Crippen molar-refractivity contribution in [3.63, 3.8) is 0 Å². The molecule has 0 aromatic heterocycles. The van der Waals surface area contributed by atoms with Gasteiger partial charge in [0.1, 0.15) is 11.4 Å². The summed E-state index contributed by atoms with van der Waals surface area (Å²) in [7, 11) is 0. The van der Waals surface area contributed by atoms with E-state index in [1.54, 1.807) is 6.92 Å². The standard InChI is InChI=1S/C13H18FO/c1-10(9-14)11-6-5-7-12(8-11)15-13(2,3)4/h5-8H,9H2,1-4H3. The summed E-state index contributed by atoms with van der Waals surface area (Å²) in [6.45, 7) is 7.34. The van der Waals surface area contributed by atoms with Gasteiger partial charge < -0.3 is 4.74 Å². The number of hydrogen-bond acceptors (Lipinski definition) is 1. The molecular formula is C13H18FO. The Bertz CT molecular complexity index is 315. The topological polar surface area (TPSA) is 9.23 Å². The van der Waals surface area contributed by atoms with Crippen LogP contribution in [0, 0.1) is 5.92 Å². The molecule has 83 valence electrons. The molecule has 1 nitrogen and oxygen atoms in total. The van der Waals surface area contributed by atoms with E-state index in [4.69, 9.17) is 4.74 Å². The van der Waals surface area contributed by atoms with Crippen LogP contribution in [0.5, 0.6) is 5.75 Å². The molecule has 0 aliphatic carbocycles. The molecular weight excluding hydrogens is 191 g/mol. The van der Waals surface area contributed by atoms with E-state index in [-0.39, 0.29) is 5.60 Å². The van der Waals surface area contributed by atoms with Gasteiger partial charge in [0.15, 0.2) is 0 Å². The highest BCUT2D eigenvalue weighted by Gasteiger charge is 2.13. The number of rotatable bonds is 3. The first kappa shape index (κ1) is 12.0. The van der Waals surface area contributed by atoms with Crippen molar-refractivity contribution in [3.8, 4) is 5.75 Å². The minimum absolute atomic E-state index is 0.220. The van der Waals surface area contributed by atoms with Gasteiger partial charge in [0, 0.05) is 5.92 Å². The van der Waals surface area contributed by atoms with Gasteiger partial charge in [-0.25, -0.2) is 0 Å². The zero-order valence-corrected chi connectivity index (χ0v) is 9.80. The summed E-state index contributed by atoms with van der Waals surface area (Å²) in [6, 6.07) is 7.54. The molecule has 0 aliphatic rings. The highest BCUT2D eigenvalue weighted by molar-refractivity contribution is 5.36. The van der Waals surface area contributed by atoms with Crippen LogP contribution < -0.4 is 4.74 Å². The smallest absolute Gasteiger partial charge is 0.120 e. The second-order valence-corrected chi connectivity index (χ2v) is 4.66. The number of ether oxygens (including phenoxy) is 1.